The van der Waals surface area contributed by atoms with Crippen LogP contribution < -0.4 is 21.3 Å². The number of hydrogen-bond acceptors (Lipinski definition) is 5. The number of hydrogen-bond donors (Lipinski definition) is 4. The first-order valence-electron chi connectivity index (χ1n) is 18.4. The minimum atomic E-state index is -0.891. The van der Waals surface area contributed by atoms with Gasteiger partial charge in [-0.3, -0.25) is 14.4 Å². The molecule has 4 N–H and O–H groups in total. The Hall–Kier alpha value is -3.10. The minimum Gasteiger partial charge on any atom is -0.445 e. The summed E-state index contributed by atoms with van der Waals surface area (Å²) in [6, 6.07) is 6.84. The fourth-order valence-corrected chi connectivity index (χ4v) is 5.42. The summed E-state index contributed by atoms with van der Waals surface area (Å²) >= 11 is 0. The maximum Gasteiger partial charge on any atom is 0.408 e. The van der Waals surface area contributed by atoms with Gasteiger partial charge in [0.25, 0.3) is 0 Å². The van der Waals surface area contributed by atoms with E-state index in [1.165, 1.54) is 51.4 Å². The van der Waals surface area contributed by atoms with Crippen molar-refractivity contribution in [1.29, 1.82) is 0 Å². The molecule has 0 aliphatic rings. The monoisotopic (exact) mass is 659 g/mol. The highest BCUT2D eigenvalue weighted by Crippen LogP contribution is 2.15. The lowest BCUT2D eigenvalue weighted by Gasteiger charge is -2.31. The van der Waals surface area contributed by atoms with Crippen LogP contribution >= 0.6 is 0 Å². The normalized spacial score (nSPS) is 15.0. The molecule has 0 saturated heterocycles. The third-order valence-electron chi connectivity index (χ3n) is 9.40. The molecular formula is C38H66N4O5. The van der Waals surface area contributed by atoms with E-state index in [0.29, 0.717) is 25.8 Å². The van der Waals surface area contributed by atoms with E-state index in [1.807, 2.05) is 71.9 Å². The molecular weight excluding hydrogens is 592 g/mol. The van der Waals surface area contributed by atoms with Gasteiger partial charge in [0.2, 0.25) is 17.7 Å². The number of amides is 4. The van der Waals surface area contributed by atoms with Crippen LogP contribution in [0.1, 0.15) is 138 Å². The first kappa shape index (κ1) is 41.9. The maximum absolute atomic E-state index is 13.7. The summed E-state index contributed by atoms with van der Waals surface area (Å²) in [4.78, 5) is 53.2. The van der Waals surface area contributed by atoms with Gasteiger partial charge in [0.15, 0.2) is 0 Å². The Balaban J connectivity index is 2.77. The third kappa shape index (κ3) is 17.0. The topological polar surface area (TPSA) is 126 Å². The van der Waals surface area contributed by atoms with Crippen molar-refractivity contribution in [2.45, 2.75) is 157 Å². The van der Waals surface area contributed by atoms with Crippen LogP contribution in [0.15, 0.2) is 30.3 Å². The zero-order chi connectivity index (χ0) is 35.0. The first-order valence-corrected chi connectivity index (χ1v) is 18.4. The Labute approximate surface area is 285 Å². The number of carbonyl (C=O) groups excluding carboxylic acids is 4. The van der Waals surface area contributed by atoms with Gasteiger partial charge in [0, 0.05) is 6.54 Å². The molecule has 0 bridgehead atoms. The summed E-state index contributed by atoms with van der Waals surface area (Å²) in [5, 5.41) is 11.6. The molecule has 47 heavy (non-hydrogen) atoms. The van der Waals surface area contributed by atoms with Crippen molar-refractivity contribution in [2.75, 3.05) is 6.54 Å². The van der Waals surface area contributed by atoms with Crippen molar-refractivity contribution in [3.05, 3.63) is 35.9 Å². The van der Waals surface area contributed by atoms with Crippen molar-refractivity contribution in [3.63, 3.8) is 0 Å². The van der Waals surface area contributed by atoms with E-state index >= 15 is 0 Å². The van der Waals surface area contributed by atoms with Crippen LogP contribution in [0, 0.1) is 17.8 Å². The number of nitrogens with one attached hydrogen (secondary N) is 4. The van der Waals surface area contributed by atoms with Gasteiger partial charge in [-0.1, -0.05) is 156 Å². The number of ether oxygens (including phenoxy) is 1. The second kappa shape index (κ2) is 25.0. The highest BCUT2D eigenvalue weighted by molar-refractivity contribution is 5.94. The first-order chi connectivity index (χ1) is 22.6. The van der Waals surface area contributed by atoms with Crippen LogP contribution in [0.3, 0.4) is 0 Å². The minimum absolute atomic E-state index is 0.0810. The molecule has 6 atom stereocenters. The Morgan fingerprint density at radius 3 is 1.47 bits per heavy atom. The molecule has 9 nitrogen and oxygen atoms in total. The molecule has 1 rings (SSSR count). The van der Waals surface area contributed by atoms with Crippen molar-refractivity contribution in [1.82, 2.24) is 21.3 Å². The molecule has 0 saturated carbocycles. The van der Waals surface area contributed by atoms with E-state index < -0.39 is 36.0 Å². The van der Waals surface area contributed by atoms with E-state index in [1.54, 1.807) is 0 Å². The summed E-state index contributed by atoms with van der Waals surface area (Å²) in [6.07, 6.45) is 13.5. The molecule has 1 aromatic carbocycles. The van der Waals surface area contributed by atoms with Crippen molar-refractivity contribution >= 4 is 23.8 Å². The van der Waals surface area contributed by atoms with Crippen molar-refractivity contribution in [3.8, 4) is 0 Å². The molecule has 0 aliphatic carbocycles. The fourth-order valence-electron chi connectivity index (χ4n) is 5.42. The number of rotatable bonds is 25. The van der Waals surface area contributed by atoms with Gasteiger partial charge in [0.1, 0.15) is 24.7 Å². The van der Waals surface area contributed by atoms with Crippen LogP contribution in [0.25, 0.3) is 0 Å². The Morgan fingerprint density at radius 2 is 1.00 bits per heavy atom. The zero-order valence-corrected chi connectivity index (χ0v) is 30.5. The predicted molar refractivity (Wildman–Crippen MR) is 191 cm³/mol. The molecule has 0 unspecified atom stereocenters. The van der Waals surface area contributed by atoms with Gasteiger partial charge in [-0.2, -0.15) is 0 Å². The van der Waals surface area contributed by atoms with Gasteiger partial charge in [0.05, 0.1) is 0 Å². The van der Waals surface area contributed by atoms with Gasteiger partial charge in [-0.05, 0) is 29.7 Å². The number of unbranched alkanes of at least 4 members (excludes halogenated alkanes) is 9. The maximum atomic E-state index is 13.7. The number of alkyl carbamates (subject to hydrolysis) is 1. The van der Waals surface area contributed by atoms with Crippen LogP contribution in [0.2, 0.25) is 0 Å². The zero-order valence-electron chi connectivity index (χ0n) is 30.5. The Morgan fingerprint density at radius 1 is 0.574 bits per heavy atom. The smallest absolute Gasteiger partial charge is 0.408 e. The van der Waals surface area contributed by atoms with Crippen LogP contribution in [0.5, 0.6) is 0 Å². The Bertz CT molecular complexity index is 1020. The van der Waals surface area contributed by atoms with Crippen LogP contribution in [-0.4, -0.2) is 48.5 Å². The summed E-state index contributed by atoms with van der Waals surface area (Å²) in [6.45, 7) is 14.5. The molecule has 0 spiro atoms. The summed E-state index contributed by atoms with van der Waals surface area (Å²) < 4.78 is 5.37. The highest BCUT2D eigenvalue weighted by atomic mass is 16.5. The van der Waals surface area contributed by atoms with Gasteiger partial charge in [-0.25, -0.2) is 4.79 Å². The second-order valence-electron chi connectivity index (χ2n) is 13.3. The predicted octanol–water partition coefficient (Wildman–Crippen LogP) is 7.43. The number of carbonyl (C=O) groups is 4. The fraction of sp³-hybridized carbons (Fsp3) is 0.737. The van der Waals surface area contributed by atoms with Gasteiger partial charge < -0.3 is 26.0 Å². The molecule has 0 radical (unpaired) electrons. The van der Waals surface area contributed by atoms with Crippen molar-refractivity contribution in [2.24, 2.45) is 17.8 Å². The lowest BCUT2D eigenvalue weighted by molar-refractivity contribution is -0.134. The average molecular weight is 659 g/mol. The van der Waals surface area contributed by atoms with Gasteiger partial charge >= 0.3 is 6.09 Å². The van der Waals surface area contributed by atoms with E-state index in [4.69, 9.17) is 4.74 Å². The summed E-state index contributed by atoms with van der Waals surface area (Å²) in [7, 11) is 0. The Kier molecular flexibility index (Phi) is 22.3. The molecule has 268 valence electrons. The van der Waals surface area contributed by atoms with E-state index in [9.17, 15) is 19.2 Å². The van der Waals surface area contributed by atoms with E-state index in [2.05, 4.69) is 28.2 Å². The molecule has 0 fully saturated rings. The molecule has 0 heterocycles. The van der Waals surface area contributed by atoms with Gasteiger partial charge in [-0.15, -0.1) is 0 Å². The van der Waals surface area contributed by atoms with E-state index in [-0.39, 0.29) is 30.3 Å². The quantitative estimate of drug-likeness (QED) is 0.0814. The van der Waals surface area contributed by atoms with Crippen LogP contribution in [-0.2, 0) is 25.7 Å². The molecule has 4 amide bonds. The van der Waals surface area contributed by atoms with Crippen LogP contribution in [0.4, 0.5) is 4.79 Å². The number of benzene rings is 1. The average Bonchev–Trinajstić information content (AvgIpc) is 3.08. The third-order valence-corrected chi connectivity index (χ3v) is 9.40. The largest absolute Gasteiger partial charge is 0.445 e. The summed E-state index contributed by atoms with van der Waals surface area (Å²) in [5.41, 5.74) is 0.837. The van der Waals surface area contributed by atoms with E-state index in [0.717, 1.165) is 18.4 Å². The SMILES string of the molecule is CCCCCCCCCCCCNC(=O)[C@@H](NC(=O)[C@@H](NC(=O)[C@@H](NC(=O)OCc1ccccc1)[C@@H](C)CC)[C@@H](C)CC)[C@@H](C)CC. The molecule has 9 heteroatoms. The molecule has 1 aromatic rings. The standard InChI is InChI=1S/C38H66N4O5/c1-8-12-13-14-15-16-17-18-19-23-26-39-35(43)32(28(5)9-2)40-36(44)33(29(6)10-3)41-37(45)34(30(7)11-4)42-38(46)47-27-31-24-21-20-22-25-31/h20-22,24-25,28-30,32-34H,8-19,23,26-27H2,1-7H3,(H,39,43)(H,40,44)(H,41,45)(H,42,46)/t28-,29-,30-,32-,33-,34-/m0/s1. The lowest BCUT2D eigenvalue weighted by atomic mass is 9.93. The van der Waals surface area contributed by atoms with Crippen molar-refractivity contribution < 1.29 is 23.9 Å². The molecule has 0 aliphatic heterocycles. The highest BCUT2D eigenvalue weighted by Gasteiger charge is 2.35. The second-order valence-corrected chi connectivity index (χ2v) is 13.3. The molecule has 0 aromatic heterocycles. The lowest BCUT2D eigenvalue weighted by Crippen LogP contribution is -2.60. The summed E-state index contributed by atoms with van der Waals surface area (Å²) in [5.74, 6) is -1.55.